The van der Waals surface area contributed by atoms with Crippen molar-refractivity contribution in [2.45, 2.75) is 12.5 Å². The van der Waals surface area contributed by atoms with Crippen LogP contribution in [0.2, 0.25) is 5.02 Å². The highest BCUT2D eigenvalue weighted by Crippen LogP contribution is 2.19. The highest BCUT2D eigenvalue weighted by molar-refractivity contribution is 6.39. The number of carbonyl (C=O) groups excluding carboxylic acids is 2. The maximum Gasteiger partial charge on any atom is 0.313 e. The topological polar surface area (TPSA) is 78.4 Å². The Morgan fingerprint density at radius 2 is 1.83 bits per heavy atom. The van der Waals surface area contributed by atoms with Gasteiger partial charge in [0.05, 0.1) is 11.1 Å². The Hall–Kier alpha value is -2.44. The molecule has 0 saturated heterocycles. The van der Waals surface area contributed by atoms with Gasteiger partial charge in [0.1, 0.15) is 5.82 Å². The zero-order valence-electron chi connectivity index (χ0n) is 12.6. The average molecular weight is 351 g/mol. The fourth-order valence-corrected chi connectivity index (χ4v) is 2.19. The molecule has 0 saturated carbocycles. The first-order chi connectivity index (χ1) is 11.5. The SMILES string of the molecule is O=C(NCC[C@@H](O)c1ccccc1)C(=O)Nc1ccc(F)c(Cl)c1. The summed E-state index contributed by atoms with van der Waals surface area (Å²) in [6.45, 7) is 0.131. The van der Waals surface area contributed by atoms with Crippen molar-refractivity contribution < 1.29 is 19.1 Å². The number of rotatable bonds is 5. The van der Waals surface area contributed by atoms with Gasteiger partial charge >= 0.3 is 11.8 Å². The first kappa shape index (κ1) is 17.9. The van der Waals surface area contributed by atoms with Gasteiger partial charge in [0.15, 0.2) is 0 Å². The number of hydrogen-bond acceptors (Lipinski definition) is 3. The number of aliphatic hydroxyl groups is 1. The Labute approximate surface area is 143 Å². The van der Waals surface area contributed by atoms with E-state index in [-0.39, 0.29) is 23.7 Å². The monoisotopic (exact) mass is 350 g/mol. The van der Waals surface area contributed by atoms with Crippen LogP contribution in [-0.2, 0) is 9.59 Å². The molecule has 0 aliphatic carbocycles. The van der Waals surface area contributed by atoms with Gasteiger partial charge in [-0.05, 0) is 30.2 Å². The number of benzene rings is 2. The molecule has 7 heteroatoms. The van der Waals surface area contributed by atoms with Crippen LogP contribution in [0.3, 0.4) is 0 Å². The van der Waals surface area contributed by atoms with E-state index in [1.165, 1.54) is 12.1 Å². The van der Waals surface area contributed by atoms with Crippen LogP contribution in [0.25, 0.3) is 0 Å². The second-order valence-corrected chi connectivity index (χ2v) is 5.46. The molecule has 24 heavy (non-hydrogen) atoms. The average Bonchev–Trinajstić information content (AvgIpc) is 2.58. The van der Waals surface area contributed by atoms with Crippen LogP contribution < -0.4 is 10.6 Å². The van der Waals surface area contributed by atoms with Gasteiger partial charge < -0.3 is 15.7 Å². The minimum atomic E-state index is -0.896. The van der Waals surface area contributed by atoms with Crippen LogP contribution >= 0.6 is 11.6 Å². The molecular formula is C17H16ClFN2O3. The van der Waals surface area contributed by atoms with E-state index < -0.39 is 23.7 Å². The summed E-state index contributed by atoms with van der Waals surface area (Å²) in [6.07, 6.45) is -0.462. The fourth-order valence-electron chi connectivity index (χ4n) is 2.01. The maximum atomic E-state index is 13.0. The number of nitrogens with one attached hydrogen (secondary N) is 2. The summed E-state index contributed by atoms with van der Waals surface area (Å²) in [5.41, 5.74) is 0.947. The first-order valence-electron chi connectivity index (χ1n) is 7.24. The Kier molecular flexibility index (Phi) is 6.28. The van der Waals surface area contributed by atoms with Crippen LogP contribution in [0, 0.1) is 5.82 Å². The predicted octanol–water partition coefficient (Wildman–Crippen LogP) is 2.66. The summed E-state index contributed by atoms with van der Waals surface area (Å²) in [7, 11) is 0. The number of carbonyl (C=O) groups is 2. The van der Waals surface area contributed by atoms with Gasteiger partial charge in [-0.15, -0.1) is 0 Å². The lowest BCUT2D eigenvalue weighted by molar-refractivity contribution is -0.136. The number of amides is 2. The molecule has 5 nitrogen and oxygen atoms in total. The molecule has 0 aliphatic heterocycles. The quantitative estimate of drug-likeness (QED) is 0.725. The van der Waals surface area contributed by atoms with Gasteiger partial charge in [0.25, 0.3) is 0 Å². The molecule has 2 rings (SSSR count). The van der Waals surface area contributed by atoms with Crippen molar-refractivity contribution in [1.82, 2.24) is 5.32 Å². The van der Waals surface area contributed by atoms with Crippen molar-refractivity contribution in [1.29, 1.82) is 0 Å². The molecule has 2 amide bonds. The van der Waals surface area contributed by atoms with Crippen LogP contribution in [-0.4, -0.2) is 23.5 Å². The molecule has 3 N–H and O–H groups in total. The van der Waals surface area contributed by atoms with E-state index in [1.807, 2.05) is 6.07 Å². The highest BCUT2D eigenvalue weighted by atomic mass is 35.5. The van der Waals surface area contributed by atoms with E-state index in [4.69, 9.17) is 11.6 Å². The predicted molar refractivity (Wildman–Crippen MR) is 89.1 cm³/mol. The van der Waals surface area contributed by atoms with E-state index in [0.29, 0.717) is 0 Å². The van der Waals surface area contributed by atoms with Crippen LogP contribution in [0.15, 0.2) is 48.5 Å². The van der Waals surface area contributed by atoms with Crippen molar-refractivity contribution in [2.75, 3.05) is 11.9 Å². The van der Waals surface area contributed by atoms with Crippen LogP contribution in [0.5, 0.6) is 0 Å². The lowest BCUT2D eigenvalue weighted by Gasteiger charge is -2.11. The molecule has 0 aliphatic rings. The largest absolute Gasteiger partial charge is 0.388 e. The Bertz CT molecular complexity index is 725. The summed E-state index contributed by atoms with van der Waals surface area (Å²) >= 11 is 5.60. The van der Waals surface area contributed by atoms with Gasteiger partial charge in [-0.2, -0.15) is 0 Å². The molecule has 0 unspecified atom stereocenters. The van der Waals surface area contributed by atoms with Crippen molar-refractivity contribution >= 4 is 29.1 Å². The third-order valence-electron chi connectivity index (χ3n) is 3.27. The molecule has 126 valence electrons. The van der Waals surface area contributed by atoms with E-state index in [2.05, 4.69) is 10.6 Å². The molecule has 0 heterocycles. The zero-order chi connectivity index (χ0) is 17.5. The minimum absolute atomic E-state index is 0.131. The van der Waals surface area contributed by atoms with Gasteiger partial charge in [0.2, 0.25) is 0 Å². The van der Waals surface area contributed by atoms with E-state index in [0.717, 1.165) is 11.6 Å². The molecule has 0 radical (unpaired) electrons. The summed E-state index contributed by atoms with van der Waals surface area (Å²) in [5.74, 6) is -2.36. The fraction of sp³-hybridized carbons (Fsp3) is 0.176. The highest BCUT2D eigenvalue weighted by Gasteiger charge is 2.15. The molecule has 2 aromatic carbocycles. The minimum Gasteiger partial charge on any atom is -0.388 e. The zero-order valence-corrected chi connectivity index (χ0v) is 13.4. The summed E-state index contributed by atoms with van der Waals surface area (Å²) < 4.78 is 13.0. The lowest BCUT2D eigenvalue weighted by Crippen LogP contribution is -2.36. The molecule has 0 fully saturated rings. The van der Waals surface area contributed by atoms with E-state index in [9.17, 15) is 19.1 Å². The van der Waals surface area contributed by atoms with Gasteiger partial charge in [0, 0.05) is 12.2 Å². The number of halogens is 2. The molecule has 0 aromatic heterocycles. The van der Waals surface area contributed by atoms with Crippen LogP contribution in [0.1, 0.15) is 18.1 Å². The molecule has 0 bridgehead atoms. The third kappa shape index (κ3) is 5.04. The van der Waals surface area contributed by atoms with Gasteiger partial charge in [-0.25, -0.2) is 4.39 Å². The van der Waals surface area contributed by atoms with Gasteiger partial charge in [-0.3, -0.25) is 9.59 Å². The first-order valence-corrected chi connectivity index (χ1v) is 7.62. The third-order valence-corrected chi connectivity index (χ3v) is 3.56. The second-order valence-electron chi connectivity index (χ2n) is 5.05. The van der Waals surface area contributed by atoms with E-state index >= 15 is 0 Å². The Balaban J connectivity index is 1.79. The lowest BCUT2D eigenvalue weighted by atomic mass is 10.1. The maximum absolute atomic E-state index is 13.0. The standard InChI is InChI=1S/C17H16ClFN2O3/c18-13-10-12(6-7-14(13)19)21-17(24)16(23)20-9-8-15(22)11-4-2-1-3-5-11/h1-7,10,15,22H,8-9H2,(H,20,23)(H,21,24)/t15-/m1/s1. The number of aliphatic hydroxyl groups excluding tert-OH is 1. The summed E-state index contributed by atoms with van der Waals surface area (Å²) in [5, 5.41) is 14.5. The van der Waals surface area contributed by atoms with Crippen molar-refractivity contribution in [3.63, 3.8) is 0 Å². The number of anilines is 1. The van der Waals surface area contributed by atoms with Gasteiger partial charge in [-0.1, -0.05) is 41.9 Å². The number of hydrogen-bond donors (Lipinski definition) is 3. The molecule has 1 atom stereocenters. The van der Waals surface area contributed by atoms with Crippen molar-refractivity contribution in [3.05, 3.63) is 64.9 Å². The second kappa shape index (κ2) is 8.42. The van der Waals surface area contributed by atoms with Crippen molar-refractivity contribution in [3.8, 4) is 0 Å². The molecule has 0 spiro atoms. The Morgan fingerprint density at radius 3 is 2.50 bits per heavy atom. The smallest absolute Gasteiger partial charge is 0.313 e. The summed E-state index contributed by atoms with van der Waals surface area (Å²) in [4.78, 5) is 23.4. The van der Waals surface area contributed by atoms with Crippen LogP contribution in [0.4, 0.5) is 10.1 Å². The van der Waals surface area contributed by atoms with E-state index in [1.54, 1.807) is 24.3 Å². The summed E-state index contributed by atoms with van der Waals surface area (Å²) in [6, 6.07) is 12.6. The normalized spacial score (nSPS) is 11.6. The Morgan fingerprint density at radius 1 is 1.12 bits per heavy atom. The molecule has 2 aromatic rings. The molecular weight excluding hydrogens is 335 g/mol. The van der Waals surface area contributed by atoms with Crippen molar-refractivity contribution in [2.24, 2.45) is 0 Å².